The minimum Gasteiger partial charge on any atom is -0.358 e. The summed E-state index contributed by atoms with van der Waals surface area (Å²) in [6.07, 6.45) is 2.74. The van der Waals surface area contributed by atoms with E-state index in [2.05, 4.69) is 20.6 Å². The number of hydrogen-bond acceptors (Lipinski definition) is 5. The van der Waals surface area contributed by atoms with Crippen LogP contribution in [0.2, 0.25) is 0 Å². The number of nitrogens with zero attached hydrogens (tertiary/aromatic N) is 3. The van der Waals surface area contributed by atoms with E-state index >= 15 is 0 Å². The maximum Gasteiger partial charge on any atom is 0.188 e. The molecule has 2 N–H and O–H groups in total. The van der Waals surface area contributed by atoms with Crippen LogP contribution >= 0.6 is 0 Å². The Morgan fingerprint density at radius 2 is 2.55 bits per heavy atom. The molecule has 1 unspecified atom stereocenters. The SMILES string of the molecule is N#CC1NC=C2N=CN=C2N1. The van der Waals surface area contributed by atoms with E-state index in [0.29, 0.717) is 5.84 Å². The molecule has 1 atom stereocenters. The van der Waals surface area contributed by atoms with Crippen LogP contribution in [0.1, 0.15) is 0 Å². The predicted octanol–water partition coefficient (Wildman–Crippen LogP) is -0.689. The Morgan fingerprint density at radius 3 is 3.36 bits per heavy atom. The Kier molecular flexibility index (Phi) is 1.13. The van der Waals surface area contributed by atoms with Gasteiger partial charge in [0.2, 0.25) is 0 Å². The molecule has 0 amide bonds. The lowest BCUT2D eigenvalue weighted by molar-refractivity contribution is 0.656. The molecule has 54 valence electrons. The van der Waals surface area contributed by atoms with E-state index in [1.54, 1.807) is 6.20 Å². The standard InChI is InChI=1S/C6H5N5/c7-1-5-8-2-4-6(11-5)10-3-9-4/h2-3,5,8H,(H,9,10,11). The van der Waals surface area contributed by atoms with Gasteiger partial charge in [0, 0.05) is 6.20 Å². The second kappa shape index (κ2) is 2.09. The first kappa shape index (κ1) is 5.92. The van der Waals surface area contributed by atoms with Crippen molar-refractivity contribution in [3.8, 4) is 6.07 Å². The van der Waals surface area contributed by atoms with E-state index in [9.17, 15) is 0 Å². The number of aliphatic imine (C=N–C) groups is 2. The van der Waals surface area contributed by atoms with E-state index < -0.39 is 0 Å². The number of nitriles is 1. The largest absolute Gasteiger partial charge is 0.358 e. The number of hydrogen-bond donors (Lipinski definition) is 2. The molecule has 0 aromatic carbocycles. The van der Waals surface area contributed by atoms with Crippen LogP contribution in [0.15, 0.2) is 21.9 Å². The van der Waals surface area contributed by atoms with E-state index in [-0.39, 0.29) is 6.17 Å². The Balaban J connectivity index is 2.26. The number of amidine groups is 1. The minimum absolute atomic E-state index is 0.390. The van der Waals surface area contributed by atoms with Gasteiger partial charge < -0.3 is 10.6 Å². The molecule has 5 nitrogen and oxygen atoms in total. The van der Waals surface area contributed by atoms with Crippen molar-refractivity contribution in [2.24, 2.45) is 9.98 Å². The van der Waals surface area contributed by atoms with Crippen molar-refractivity contribution in [3.63, 3.8) is 0 Å². The zero-order chi connectivity index (χ0) is 7.68. The minimum atomic E-state index is -0.390. The summed E-state index contributed by atoms with van der Waals surface area (Å²) in [5.74, 6) is 0.662. The van der Waals surface area contributed by atoms with Crippen LogP contribution in [0.25, 0.3) is 0 Å². The maximum absolute atomic E-state index is 8.51. The number of rotatable bonds is 0. The van der Waals surface area contributed by atoms with Gasteiger partial charge in [0.1, 0.15) is 18.1 Å². The van der Waals surface area contributed by atoms with Crippen LogP contribution in [0.3, 0.4) is 0 Å². The highest BCUT2D eigenvalue weighted by atomic mass is 15.2. The van der Waals surface area contributed by atoms with Crippen molar-refractivity contribution in [3.05, 3.63) is 11.9 Å². The van der Waals surface area contributed by atoms with Gasteiger partial charge in [-0.1, -0.05) is 0 Å². The van der Waals surface area contributed by atoms with Gasteiger partial charge in [0.05, 0.1) is 0 Å². The first-order valence-electron chi connectivity index (χ1n) is 3.13. The zero-order valence-electron chi connectivity index (χ0n) is 5.57. The summed E-state index contributed by atoms with van der Waals surface area (Å²) in [6, 6.07) is 2.01. The van der Waals surface area contributed by atoms with Crippen LogP contribution in [0.5, 0.6) is 0 Å². The van der Waals surface area contributed by atoms with E-state index in [1.807, 2.05) is 6.07 Å². The topological polar surface area (TPSA) is 72.6 Å². The van der Waals surface area contributed by atoms with Gasteiger partial charge in [0.15, 0.2) is 12.0 Å². The highest BCUT2D eigenvalue weighted by Gasteiger charge is 2.18. The highest BCUT2D eigenvalue weighted by molar-refractivity contribution is 6.06. The van der Waals surface area contributed by atoms with Gasteiger partial charge in [-0.15, -0.1) is 0 Å². The van der Waals surface area contributed by atoms with Crippen molar-refractivity contribution >= 4 is 12.2 Å². The first-order chi connectivity index (χ1) is 5.40. The van der Waals surface area contributed by atoms with Crippen LogP contribution in [-0.2, 0) is 0 Å². The maximum atomic E-state index is 8.51. The molecule has 0 spiro atoms. The molecule has 2 rings (SSSR count). The molecule has 0 fully saturated rings. The molecule has 0 aromatic heterocycles. The van der Waals surface area contributed by atoms with Gasteiger partial charge in [-0.2, -0.15) is 5.26 Å². The van der Waals surface area contributed by atoms with Crippen molar-refractivity contribution < 1.29 is 0 Å². The second-order valence-electron chi connectivity index (χ2n) is 2.12. The Morgan fingerprint density at radius 1 is 1.64 bits per heavy atom. The molecule has 0 aromatic rings. The number of nitrogens with one attached hydrogen (secondary N) is 2. The fourth-order valence-corrected chi connectivity index (χ4v) is 0.903. The third-order valence-electron chi connectivity index (χ3n) is 1.42. The molecule has 0 saturated carbocycles. The summed E-state index contributed by atoms with van der Waals surface area (Å²) >= 11 is 0. The second-order valence-corrected chi connectivity index (χ2v) is 2.12. The van der Waals surface area contributed by atoms with Crippen molar-refractivity contribution in [1.29, 1.82) is 5.26 Å². The summed E-state index contributed by atoms with van der Waals surface area (Å²) in [5.41, 5.74) is 0.747. The Labute approximate surface area is 63.1 Å². The number of fused-ring (bicyclic) bond motifs is 1. The molecule has 0 bridgehead atoms. The summed E-state index contributed by atoms with van der Waals surface area (Å²) in [7, 11) is 0. The lowest BCUT2D eigenvalue weighted by Gasteiger charge is -2.17. The zero-order valence-corrected chi connectivity index (χ0v) is 5.57. The third kappa shape index (κ3) is 0.846. The van der Waals surface area contributed by atoms with E-state index in [1.165, 1.54) is 6.34 Å². The Hall–Kier alpha value is -1.83. The molecule has 2 heterocycles. The van der Waals surface area contributed by atoms with E-state index in [0.717, 1.165) is 5.70 Å². The lowest BCUT2D eigenvalue weighted by atomic mass is 10.3. The molecule has 0 saturated heterocycles. The van der Waals surface area contributed by atoms with Crippen LogP contribution in [0.4, 0.5) is 0 Å². The lowest BCUT2D eigenvalue weighted by Crippen LogP contribution is -2.46. The molecule has 2 aliphatic rings. The Bertz CT molecular complexity index is 305. The fraction of sp³-hybridized carbons (Fsp3) is 0.167. The van der Waals surface area contributed by atoms with E-state index in [4.69, 9.17) is 5.26 Å². The smallest absolute Gasteiger partial charge is 0.188 e. The van der Waals surface area contributed by atoms with Crippen LogP contribution in [0, 0.1) is 11.3 Å². The molecular formula is C6H5N5. The van der Waals surface area contributed by atoms with Crippen LogP contribution in [-0.4, -0.2) is 18.3 Å². The fourth-order valence-electron chi connectivity index (χ4n) is 0.903. The van der Waals surface area contributed by atoms with Crippen molar-refractivity contribution in [2.75, 3.05) is 0 Å². The predicted molar refractivity (Wildman–Crippen MR) is 39.7 cm³/mol. The average Bonchev–Trinajstić information content (AvgIpc) is 2.50. The summed E-state index contributed by atoms with van der Waals surface area (Å²) in [4.78, 5) is 7.83. The molecular weight excluding hydrogens is 142 g/mol. The summed E-state index contributed by atoms with van der Waals surface area (Å²) < 4.78 is 0. The van der Waals surface area contributed by atoms with Gasteiger partial charge in [-0.3, -0.25) is 0 Å². The van der Waals surface area contributed by atoms with Gasteiger partial charge in [-0.25, -0.2) is 9.98 Å². The first-order valence-corrected chi connectivity index (χ1v) is 3.13. The van der Waals surface area contributed by atoms with Crippen molar-refractivity contribution in [2.45, 2.75) is 6.17 Å². The van der Waals surface area contributed by atoms with Crippen LogP contribution < -0.4 is 10.6 Å². The highest BCUT2D eigenvalue weighted by Crippen LogP contribution is 2.06. The molecule has 0 aliphatic carbocycles. The monoisotopic (exact) mass is 147 g/mol. The molecule has 5 heteroatoms. The molecule has 0 radical (unpaired) electrons. The van der Waals surface area contributed by atoms with Gasteiger partial charge in [-0.05, 0) is 0 Å². The summed E-state index contributed by atoms with van der Waals surface area (Å²) in [5, 5.41) is 14.2. The molecule has 2 aliphatic heterocycles. The van der Waals surface area contributed by atoms with Gasteiger partial charge >= 0.3 is 0 Å². The quantitative estimate of drug-likeness (QED) is 0.476. The van der Waals surface area contributed by atoms with Crippen molar-refractivity contribution in [1.82, 2.24) is 10.6 Å². The normalized spacial score (nSPS) is 25.5. The van der Waals surface area contributed by atoms with Gasteiger partial charge in [0.25, 0.3) is 0 Å². The molecule has 11 heavy (non-hydrogen) atoms. The average molecular weight is 147 g/mol. The summed E-state index contributed by atoms with van der Waals surface area (Å²) in [6.45, 7) is 0. The third-order valence-corrected chi connectivity index (χ3v) is 1.42.